The number of aryl methyl sites for hydroxylation is 2. The highest BCUT2D eigenvalue weighted by Gasteiger charge is 2.11. The number of ether oxygens (including phenoxy) is 2. The van der Waals surface area contributed by atoms with Crippen LogP contribution in [0.5, 0.6) is 11.5 Å². The molecule has 0 aliphatic carbocycles. The first kappa shape index (κ1) is 20.8. The summed E-state index contributed by atoms with van der Waals surface area (Å²) in [5.74, 6) is 1.54. The second kappa shape index (κ2) is 9.52. The van der Waals surface area contributed by atoms with Gasteiger partial charge in [0.1, 0.15) is 0 Å². The molecule has 0 fully saturated rings. The molecule has 0 unspecified atom stereocenters. The normalized spacial score (nSPS) is 10.6. The van der Waals surface area contributed by atoms with Crippen LogP contribution >= 0.6 is 11.8 Å². The van der Waals surface area contributed by atoms with E-state index in [1.165, 1.54) is 22.9 Å². The van der Waals surface area contributed by atoms with Crippen molar-refractivity contribution in [2.45, 2.75) is 25.5 Å². The number of carbonyl (C=O) groups excluding carboxylic acids is 1. The van der Waals surface area contributed by atoms with E-state index in [0.29, 0.717) is 18.0 Å². The summed E-state index contributed by atoms with van der Waals surface area (Å²) in [6, 6.07) is 11.9. The fraction of sp³-hybridized carbons (Fsp3) is 0.273. The smallest absolute Gasteiger partial charge is 0.230 e. The Balaban J connectivity index is 1.59. The lowest BCUT2D eigenvalue weighted by molar-refractivity contribution is -0.118. The van der Waals surface area contributed by atoms with E-state index in [1.807, 2.05) is 29.0 Å². The van der Waals surface area contributed by atoms with Crippen LogP contribution in [0.15, 0.2) is 53.9 Å². The average molecular weight is 412 g/mol. The lowest BCUT2D eigenvalue weighted by Crippen LogP contribution is -2.24. The van der Waals surface area contributed by atoms with E-state index in [9.17, 15) is 4.79 Å². The van der Waals surface area contributed by atoms with Crippen molar-refractivity contribution in [1.82, 2.24) is 14.9 Å². The number of nitrogens with one attached hydrogen (secondary N) is 1. The summed E-state index contributed by atoms with van der Waals surface area (Å²) in [5.41, 5.74) is 4.40. The van der Waals surface area contributed by atoms with Crippen LogP contribution in [0.1, 0.15) is 16.7 Å². The van der Waals surface area contributed by atoms with E-state index >= 15 is 0 Å². The SMILES string of the molecule is COc1ccc(CNC(=O)CSc2nccn2-c2ccc(C)cc2C)cc1OC. The van der Waals surface area contributed by atoms with Crippen molar-refractivity contribution >= 4 is 17.7 Å². The van der Waals surface area contributed by atoms with E-state index in [-0.39, 0.29) is 11.7 Å². The van der Waals surface area contributed by atoms with Gasteiger partial charge in [0.2, 0.25) is 5.91 Å². The number of methoxy groups -OCH3 is 2. The highest BCUT2D eigenvalue weighted by molar-refractivity contribution is 7.99. The number of imidazole rings is 1. The van der Waals surface area contributed by atoms with E-state index in [1.54, 1.807) is 20.4 Å². The molecule has 0 saturated heterocycles. The molecule has 1 aromatic heterocycles. The van der Waals surface area contributed by atoms with Crippen LogP contribution in [-0.2, 0) is 11.3 Å². The number of carbonyl (C=O) groups is 1. The number of amides is 1. The highest BCUT2D eigenvalue weighted by Crippen LogP contribution is 2.27. The van der Waals surface area contributed by atoms with E-state index in [2.05, 4.69) is 42.3 Å². The van der Waals surface area contributed by atoms with E-state index < -0.39 is 0 Å². The molecule has 0 atom stereocenters. The lowest BCUT2D eigenvalue weighted by Gasteiger charge is -2.12. The first-order valence-corrected chi connectivity index (χ1v) is 10.2. The highest BCUT2D eigenvalue weighted by atomic mass is 32.2. The van der Waals surface area contributed by atoms with Gasteiger partial charge in [0.25, 0.3) is 0 Å². The van der Waals surface area contributed by atoms with Crippen molar-refractivity contribution in [2.24, 2.45) is 0 Å². The number of hydrogen-bond donors (Lipinski definition) is 1. The zero-order valence-corrected chi connectivity index (χ0v) is 17.9. The van der Waals surface area contributed by atoms with Gasteiger partial charge < -0.3 is 14.8 Å². The number of nitrogens with zero attached hydrogens (tertiary/aromatic N) is 2. The molecule has 0 spiro atoms. The van der Waals surface area contributed by atoms with Gasteiger partial charge in [0, 0.05) is 18.9 Å². The Kier molecular flexibility index (Phi) is 6.82. The van der Waals surface area contributed by atoms with Crippen molar-refractivity contribution in [1.29, 1.82) is 0 Å². The Labute approximate surface area is 175 Å². The van der Waals surface area contributed by atoms with Gasteiger partial charge in [0.15, 0.2) is 16.7 Å². The van der Waals surface area contributed by atoms with Gasteiger partial charge in [-0.05, 0) is 43.2 Å². The predicted octanol–water partition coefficient (Wildman–Crippen LogP) is 3.91. The van der Waals surface area contributed by atoms with Crippen molar-refractivity contribution in [2.75, 3.05) is 20.0 Å². The van der Waals surface area contributed by atoms with Crippen LogP contribution in [0.25, 0.3) is 5.69 Å². The molecule has 1 heterocycles. The van der Waals surface area contributed by atoms with Crippen LogP contribution in [-0.4, -0.2) is 35.4 Å². The van der Waals surface area contributed by atoms with Gasteiger partial charge in [-0.15, -0.1) is 0 Å². The molecule has 0 radical (unpaired) electrons. The molecule has 1 N–H and O–H groups in total. The lowest BCUT2D eigenvalue weighted by atomic mass is 10.1. The Hall–Kier alpha value is -2.93. The molecule has 3 aromatic rings. The molecule has 0 saturated carbocycles. The minimum absolute atomic E-state index is 0.0556. The maximum Gasteiger partial charge on any atom is 0.230 e. The van der Waals surface area contributed by atoms with Crippen LogP contribution in [0.4, 0.5) is 0 Å². The third-order valence-electron chi connectivity index (χ3n) is 4.49. The van der Waals surface area contributed by atoms with Gasteiger partial charge >= 0.3 is 0 Å². The topological polar surface area (TPSA) is 65.4 Å². The fourth-order valence-corrected chi connectivity index (χ4v) is 3.82. The second-order valence-electron chi connectivity index (χ2n) is 6.62. The largest absolute Gasteiger partial charge is 0.493 e. The Morgan fingerprint density at radius 1 is 1.10 bits per heavy atom. The standard InChI is InChI=1S/C22H25N3O3S/c1-15-5-7-18(16(2)11-15)25-10-9-23-22(25)29-14-21(26)24-13-17-6-8-19(27-3)20(12-17)28-4/h5-12H,13-14H2,1-4H3,(H,24,26). The van der Waals surface area contributed by atoms with Gasteiger partial charge in [0.05, 0.1) is 25.7 Å². The van der Waals surface area contributed by atoms with Crippen molar-refractivity contribution in [3.8, 4) is 17.2 Å². The Morgan fingerprint density at radius 2 is 1.90 bits per heavy atom. The first-order chi connectivity index (χ1) is 14.0. The molecule has 29 heavy (non-hydrogen) atoms. The molecular weight excluding hydrogens is 386 g/mol. The summed E-state index contributed by atoms with van der Waals surface area (Å²) >= 11 is 1.41. The quantitative estimate of drug-likeness (QED) is 0.569. The third kappa shape index (κ3) is 5.12. The molecule has 152 valence electrons. The number of hydrogen-bond acceptors (Lipinski definition) is 5. The van der Waals surface area contributed by atoms with Crippen molar-refractivity contribution in [3.05, 3.63) is 65.5 Å². The Morgan fingerprint density at radius 3 is 2.62 bits per heavy atom. The van der Waals surface area contributed by atoms with Gasteiger partial charge in [-0.3, -0.25) is 9.36 Å². The number of rotatable bonds is 8. The summed E-state index contributed by atoms with van der Waals surface area (Å²) in [7, 11) is 3.19. The molecule has 0 bridgehead atoms. The van der Waals surface area contributed by atoms with Crippen molar-refractivity contribution < 1.29 is 14.3 Å². The Bertz CT molecular complexity index is 1000. The van der Waals surface area contributed by atoms with Crippen LogP contribution in [0.2, 0.25) is 0 Å². The molecule has 0 aliphatic rings. The molecule has 2 aromatic carbocycles. The fourth-order valence-electron chi connectivity index (χ4n) is 3.03. The monoisotopic (exact) mass is 411 g/mol. The second-order valence-corrected chi connectivity index (χ2v) is 7.57. The molecule has 0 aliphatic heterocycles. The summed E-state index contributed by atoms with van der Waals surface area (Å²) in [5, 5.41) is 3.73. The average Bonchev–Trinajstić information content (AvgIpc) is 3.18. The molecule has 1 amide bonds. The van der Waals surface area contributed by atoms with Crippen LogP contribution in [0, 0.1) is 13.8 Å². The van der Waals surface area contributed by atoms with Crippen molar-refractivity contribution in [3.63, 3.8) is 0 Å². The molecule has 7 heteroatoms. The minimum Gasteiger partial charge on any atom is -0.493 e. The maximum atomic E-state index is 12.3. The van der Waals surface area contributed by atoms with Crippen LogP contribution in [0.3, 0.4) is 0 Å². The van der Waals surface area contributed by atoms with E-state index in [0.717, 1.165) is 16.4 Å². The van der Waals surface area contributed by atoms with Crippen LogP contribution < -0.4 is 14.8 Å². The number of benzene rings is 2. The summed E-state index contributed by atoms with van der Waals surface area (Å²) < 4.78 is 12.5. The van der Waals surface area contributed by atoms with E-state index in [4.69, 9.17) is 9.47 Å². The van der Waals surface area contributed by atoms with Gasteiger partial charge in [-0.2, -0.15) is 0 Å². The van der Waals surface area contributed by atoms with Gasteiger partial charge in [-0.25, -0.2) is 4.98 Å². The summed E-state index contributed by atoms with van der Waals surface area (Å²) in [6.07, 6.45) is 3.67. The zero-order valence-electron chi connectivity index (χ0n) is 17.1. The van der Waals surface area contributed by atoms with Gasteiger partial charge in [-0.1, -0.05) is 35.5 Å². The molecule has 6 nitrogen and oxygen atoms in total. The molecule has 3 rings (SSSR count). The first-order valence-electron chi connectivity index (χ1n) is 9.23. The number of thioether (sulfide) groups is 1. The zero-order chi connectivity index (χ0) is 20.8. The third-order valence-corrected chi connectivity index (χ3v) is 5.46. The molecular formula is C22H25N3O3S. The summed E-state index contributed by atoms with van der Waals surface area (Å²) in [4.78, 5) is 16.7. The number of aromatic nitrogens is 2. The summed E-state index contributed by atoms with van der Waals surface area (Å²) in [6.45, 7) is 4.57. The maximum absolute atomic E-state index is 12.3. The predicted molar refractivity (Wildman–Crippen MR) is 115 cm³/mol. The minimum atomic E-state index is -0.0556.